The summed E-state index contributed by atoms with van der Waals surface area (Å²) < 4.78 is 69.6. The number of carbonyl (C=O) groups is 2. The molecule has 0 amide bonds. The van der Waals surface area contributed by atoms with Crippen molar-refractivity contribution < 1.29 is 61.7 Å². The van der Waals surface area contributed by atoms with Crippen molar-refractivity contribution in [2.75, 3.05) is 26.9 Å². The molecule has 13 heteroatoms. The Bertz CT molecular complexity index is 2250. The normalized spacial score (nSPS) is 26.3. The van der Waals surface area contributed by atoms with Crippen LogP contribution in [0.1, 0.15) is 45.5 Å². The third-order valence-electron chi connectivity index (χ3n) is 11.7. The predicted octanol–water partition coefficient (Wildman–Crippen LogP) is 7.94. The molecule has 13 nitrogen and oxygen atoms in total. The molecule has 0 radical (unpaired) electrons. The minimum atomic E-state index is -0.984. The fraction of sp³-hybridized carbons (Fsp3) is 0.370. The first-order valence-corrected chi connectivity index (χ1v) is 22.8. The quantitative estimate of drug-likeness (QED) is 0.0623. The second-order valence-corrected chi connectivity index (χ2v) is 16.5. The lowest BCUT2D eigenvalue weighted by Gasteiger charge is -2.45. The molecule has 67 heavy (non-hydrogen) atoms. The molecule has 0 spiro atoms. The molecule has 2 saturated heterocycles. The van der Waals surface area contributed by atoms with Crippen LogP contribution in [-0.2, 0) is 83.3 Å². The van der Waals surface area contributed by atoms with E-state index in [1.807, 2.05) is 127 Å². The highest BCUT2D eigenvalue weighted by Crippen LogP contribution is 2.32. The van der Waals surface area contributed by atoms with Gasteiger partial charge in [-0.25, -0.2) is 4.79 Å². The molecule has 0 aliphatic carbocycles. The highest BCUT2D eigenvalue weighted by atomic mass is 16.7. The van der Waals surface area contributed by atoms with E-state index in [9.17, 15) is 9.59 Å². The third-order valence-corrected chi connectivity index (χ3v) is 11.7. The number of benzene rings is 5. The Morgan fingerprint density at radius 3 is 1.61 bits per heavy atom. The van der Waals surface area contributed by atoms with Gasteiger partial charge in [0.25, 0.3) is 0 Å². The zero-order valence-electron chi connectivity index (χ0n) is 37.5. The lowest BCUT2D eigenvalue weighted by Crippen LogP contribution is -2.61. The second kappa shape index (κ2) is 25.1. The molecule has 0 bridgehead atoms. The van der Waals surface area contributed by atoms with Gasteiger partial charge in [0, 0.05) is 13.5 Å². The number of ketones is 1. The van der Waals surface area contributed by atoms with E-state index in [0.29, 0.717) is 31.6 Å². The second-order valence-electron chi connectivity index (χ2n) is 16.5. The number of rotatable bonds is 22. The molecule has 3 aliphatic heterocycles. The Kier molecular flexibility index (Phi) is 18.0. The minimum absolute atomic E-state index is 0.00776. The van der Waals surface area contributed by atoms with Gasteiger partial charge in [0.15, 0.2) is 24.7 Å². The molecule has 10 atom stereocenters. The van der Waals surface area contributed by atoms with Crippen LogP contribution in [0.15, 0.2) is 164 Å². The van der Waals surface area contributed by atoms with Gasteiger partial charge in [0.05, 0.1) is 51.3 Å². The SMILES string of the molecule is CO[C@H]1O[C@H](COC2C=CC(=O)[C@@H](COC3CC[C@H](OCc4ccccc4)[C@@H](COC(=O)c4ccccc4)O3)O2)[C@@H](OCc2ccccc2)[C@H](OCc2ccccc2)[C@H]1OCc1ccccc1. The number of carbonyl (C=O) groups excluding carboxylic acids is 2. The van der Waals surface area contributed by atoms with Crippen molar-refractivity contribution in [3.8, 4) is 0 Å². The van der Waals surface area contributed by atoms with Crippen molar-refractivity contribution in [3.63, 3.8) is 0 Å². The number of hydrogen-bond donors (Lipinski definition) is 0. The maximum Gasteiger partial charge on any atom is 0.338 e. The number of methoxy groups -OCH3 is 1. The van der Waals surface area contributed by atoms with E-state index in [2.05, 4.69) is 0 Å². The summed E-state index contributed by atoms with van der Waals surface area (Å²) in [7, 11) is 1.57. The van der Waals surface area contributed by atoms with Crippen molar-refractivity contribution in [2.24, 2.45) is 0 Å². The van der Waals surface area contributed by atoms with Gasteiger partial charge in [-0.05, 0) is 53.0 Å². The third kappa shape index (κ3) is 14.1. The minimum Gasteiger partial charge on any atom is -0.459 e. The Hall–Kier alpha value is -5.42. The first kappa shape index (κ1) is 48.1. The first-order chi connectivity index (χ1) is 33.0. The summed E-state index contributed by atoms with van der Waals surface area (Å²) in [6.45, 7) is 1.05. The van der Waals surface area contributed by atoms with E-state index in [1.54, 1.807) is 37.5 Å². The molecule has 0 aromatic heterocycles. The maximum absolute atomic E-state index is 13.2. The van der Waals surface area contributed by atoms with Crippen LogP contribution < -0.4 is 0 Å². The monoisotopic (exact) mass is 914 g/mol. The summed E-state index contributed by atoms with van der Waals surface area (Å²) in [6, 6.07) is 48.2. The Morgan fingerprint density at radius 1 is 0.522 bits per heavy atom. The fourth-order valence-corrected chi connectivity index (χ4v) is 8.11. The number of esters is 1. The van der Waals surface area contributed by atoms with Crippen LogP contribution in [-0.4, -0.2) is 100 Å². The van der Waals surface area contributed by atoms with Gasteiger partial charge in [-0.3, -0.25) is 4.79 Å². The largest absolute Gasteiger partial charge is 0.459 e. The summed E-state index contributed by atoms with van der Waals surface area (Å²) >= 11 is 0. The molecule has 2 fully saturated rings. The summed E-state index contributed by atoms with van der Waals surface area (Å²) in [5.41, 5.74) is 4.38. The number of hydrogen-bond acceptors (Lipinski definition) is 13. The molecule has 8 rings (SSSR count). The summed E-state index contributed by atoms with van der Waals surface area (Å²) in [4.78, 5) is 26.1. The van der Waals surface area contributed by atoms with Crippen molar-refractivity contribution >= 4 is 11.8 Å². The highest BCUT2D eigenvalue weighted by molar-refractivity contribution is 5.94. The molecular formula is C54H58O13. The average molecular weight is 915 g/mol. The summed E-state index contributed by atoms with van der Waals surface area (Å²) in [5, 5.41) is 0. The van der Waals surface area contributed by atoms with Crippen LogP contribution in [0.3, 0.4) is 0 Å². The lowest BCUT2D eigenvalue weighted by molar-refractivity contribution is -0.327. The zero-order valence-corrected chi connectivity index (χ0v) is 37.5. The van der Waals surface area contributed by atoms with Crippen LogP contribution in [0.2, 0.25) is 0 Å². The predicted molar refractivity (Wildman–Crippen MR) is 245 cm³/mol. The van der Waals surface area contributed by atoms with Crippen molar-refractivity contribution in [2.45, 2.75) is 101 Å². The molecule has 5 aromatic rings. The van der Waals surface area contributed by atoms with Crippen LogP contribution >= 0.6 is 0 Å². The van der Waals surface area contributed by atoms with E-state index < -0.39 is 61.5 Å². The van der Waals surface area contributed by atoms with Gasteiger partial charge in [-0.1, -0.05) is 140 Å². The van der Waals surface area contributed by atoms with Crippen LogP contribution in [0, 0.1) is 0 Å². The fourth-order valence-electron chi connectivity index (χ4n) is 8.11. The van der Waals surface area contributed by atoms with Gasteiger partial charge in [-0.2, -0.15) is 0 Å². The zero-order chi connectivity index (χ0) is 46.0. The van der Waals surface area contributed by atoms with E-state index in [4.69, 9.17) is 52.1 Å². The van der Waals surface area contributed by atoms with Crippen LogP contribution in [0.5, 0.6) is 0 Å². The topological polar surface area (TPSA) is 136 Å². The first-order valence-electron chi connectivity index (χ1n) is 22.8. The van der Waals surface area contributed by atoms with E-state index in [-0.39, 0.29) is 44.9 Å². The van der Waals surface area contributed by atoms with Gasteiger partial charge in [-0.15, -0.1) is 0 Å². The Balaban J connectivity index is 0.915. The van der Waals surface area contributed by atoms with Gasteiger partial charge >= 0.3 is 5.97 Å². The Morgan fingerprint density at radius 2 is 1.04 bits per heavy atom. The molecular weight excluding hydrogens is 857 g/mol. The molecule has 3 heterocycles. The number of ether oxygens (including phenoxy) is 11. The smallest absolute Gasteiger partial charge is 0.338 e. The van der Waals surface area contributed by atoms with Gasteiger partial charge < -0.3 is 52.1 Å². The molecule has 0 N–H and O–H groups in total. The van der Waals surface area contributed by atoms with Crippen LogP contribution in [0.4, 0.5) is 0 Å². The molecule has 2 unspecified atom stereocenters. The van der Waals surface area contributed by atoms with E-state index >= 15 is 0 Å². The van der Waals surface area contributed by atoms with Gasteiger partial charge in [0.1, 0.15) is 43.2 Å². The van der Waals surface area contributed by atoms with E-state index in [0.717, 1.165) is 22.3 Å². The maximum atomic E-state index is 13.2. The van der Waals surface area contributed by atoms with E-state index in [1.165, 1.54) is 6.08 Å². The summed E-state index contributed by atoms with van der Waals surface area (Å²) in [6.07, 6.45) is -3.15. The highest BCUT2D eigenvalue weighted by Gasteiger charge is 2.49. The van der Waals surface area contributed by atoms with Crippen molar-refractivity contribution in [1.82, 2.24) is 0 Å². The standard InChI is InChI=1S/C54H58O13/c1-57-54-52(63-34-41-23-13-5-14-24-41)51(62-33-40-21-11-4-12-22-40)50(61-32-39-19-9-3-10-20-39)47(67-54)37-60-48-29-27-43(55)45(65-48)35-59-49-30-28-44(58-31-38-17-7-2-8-18-38)46(66-49)36-64-53(56)42-25-15-6-16-26-42/h2-27,29,44-52,54H,28,30-37H2,1H3/t44-,45+,46+,47+,48?,49?,50+,51-,52+,54-/m0/s1. The molecule has 3 aliphatic rings. The summed E-state index contributed by atoms with van der Waals surface area (Å²) in [5.74, 6) is -0.747. The van der Waals surface area contributed by atoms with Crippen molar-refractivity contribution in [3.05, 3.63) is 192 Å². The van der Waals surface area contributed by atoms with Crippen LogP contribution in [0.25, 0.3) is 0 Å². The van der Waals surface area contributed by atoms with Crippen molar-refractivity contribution in [1.29, 1.82) is 0 Å². The van der Waals surface area contributed by atoms with Gasteiger partial charge in [0.2, 0.25) is 0 Å². The average Bonchev–Trinajstić information content (AvgIpc) is 3.38. The molecule has 5 aromatic carbocycles. The molecule has 0 saturated carbocycles. The lowest BCUT2D eigenvalue weighted by atomic mass is 9.97. The Labute approximate surface area is 391 Å². The molecule has 352 valence electrons.